The van der Waals surface area contributed by atoms with Crippen LogP contribution in [0, 0.1) is 0 Å². The number of nitrogens with zero attached hydrogens (tertiary/aromatic N) is 3. The minimum Gasteiger partial charge on any atom is -0.367 e. The molecule has 5 nitrogen and oxygen atoms in total. The SMILES string of the molecule is CN(C)c1nccc(NC2CCNC3(CCC3)C2)n1. The van der Waals surface area contributed by atoms with Crippen molar-refractivity contribution in [2.75, 3.05) is 30.9 Å². The van der Waals surface area contributed by atoms with E-state index < -0.39 is 0 Å². The summed E-state index contributed by atoms with van der Waals surface area (Å²) in [5, 5.41) is 7.28. The van der Waals surface area contributed by atoms with E-state index in [1.807, 2.05) is 31.3 Å². The van der Waals surface area contributed by atoms with E-state index in [2.05, 4.69) is 20.6 Å². The Labute approximate surface area is 114 Å². The Balaban J connectivity index is 1.65. The molecule has 5 heteroatoms. The van der Waals surface area contributed by atoms with E-state index in [1.165, 1.54) is 32.1 Å². The normalized spacial score (nSPS) is 24.8. The van der Waals surface area contributed by atoms with Gasteiger partial charge in [0.25, 0.3) is 0 Å². The van der Waals surface area contributed by atoms with Crippen LogP contribution in [-0.2, 0) is 0 Å². The summed E-state index contributed by atoms with van der Waals surface area (Å²) in [4.78, 5) is 10.7. The number of piperidine rings is 1. The predicted octanol–water partition coefficient (Wildman–Crippen LogP) is 1.63. The molecule has 2 N–H and O–H groups in total. The first-order valence-electron chi connectivity index (χ1n) is 7.19. The molecule has 2 aliphatic rings. The number of hydrogen-bond donors (Lipinski definition) is 2. The Morgan fingerprint density at radius 1 is 1.42 bits per heavy atom. The molecule has 1 aliphatic heterocycles. The van der Waals surface area contributed by atoms with Crippen molar-refractivity contribution in [2.45, 2.75) is 43.7 Å². The third-order valence-electron chi connectivity index (χ3n) is 4.34. The molecule has 1 saturated heterocycles. The van der Waals surface area contributed by atoms with Gasteiger partial charge >= 0.3 is 0 Å². The van der Waals surface area contributed by atoms with Crippen LogP contribution in [0.25, 0.3) is 0 Å². The Kier molecular flexibility index (Phi) is 3.31. The molecular formula is C14H23N5. The van der Waals surface area contributed by atoms with Gasteiger partial charge < -0.3 is 15.5 Å². The van der Waals surface area contributed by atoms with Crippen molar-refractivity contribution in [2.24, 2.45) is 0 Å². The van der Waals surface area contributed by atoms with Gasteiger partial charge in [-0.05, 0) is 44.7 Å². The monoisotopic (exact) mass is 261 g/mol. The first-order chi connectivity index (χ1) is 9.17. The van der Waals surface area contributed by atoms with Gasteiger partial charge in [0.05, 0.1) is 0 Å². The molecule has 1 aliphatic carbocycles. The van der Waals surface area contributed by atoms with Crippen LogP contribution >= 0.6 is 0 Å². The second-order valence-electron chi connectivity index (χ2n) is 6.03. The van der Waals surface area contributed by atoms with Gasteiger partial charge in [0.15, 0.2) is 0 Å². The molecular weight excluding hydrogens is 238 g/mol. The summed E-state index contributed by atoms with van der Waals surface area (Å²) in [5.74, 6) is 1.71. The topological polar surface area (TPSA) is 53.1 Å². The summed E-state index contributed by atoms with van der Waals surface area (Å²) in [7, 11) is 3.93. The van der Waals surface area contributed by atoms with Gasteiger partial charge in [-0.25, -0.2) is 4.98 Å². The van der Waals surface area contributed by atoms with E-state index in [0.717, 1.165) is 18.3 Å². The van der Waals surface area contributed by atoms with E-state index >= 15 is 0 Å². The lowest BCUT2D eigenvalue weighted by atomic mass is 9.70. The van der Waals surface area contributed by atoms with Crippen molar-refractivity contribution in [1.29, 1.82) is 0 Å². The van der Waals surface area contributed by atoms with Crippen LogP contribution in [0.15, 0.2) is 12.3 Å². The fourth-order valence-corrected chi connectivity index (χ4v) is 3.12. The van der Waals surface area contributed by atoms with Gasteiger partial charge in [-0.3, -0.25) is 0 Å². The fourth-order valence-electron chi connectivity index (χ4n) is 3.12. The first-order valence-corrected chi connectivity index (χ1v) is 7.19. The van der Waals surface area contributed by atoms with E-state index in [9.17, 15) is 0 Å². The van der Waals surface area contributed by atoms with Gasteiger partial charge in [0.2, 0.25) is 5.95 Å². The summed E-state index contributed by atoms with van der Waals surface area (Å²) in [5.41, 5.74) is 0.424. The van der Waals surface area contributed by atoms with Gasteiger partial charge in [0.1, 0.15) is 5.82 Å². The molecule has 1 aromatic rings. The molecule has 1 unspecified atom stereocenters. The van der Waals surface area contributed by atoms with Crippen molar-refractivity contribution < 1.29 is 0 Å². The lowest BCUT2D eigenvalue weighted by Crippen LogP contribution is -2.58. The maximum Gasteiger partial charge on any atom is 0.226 e. The van der Waals surface area contributed by atoms with Crippen molar-refractivity contribution in [3.63, 3.8) is 0 Å². The molecule has 0 amide bonds. The van der Waals surface area contributed by atoms with E-state index in [0.29, 0.717) is 11.6 Å². The van der Waals surface area contributed by atoms with Crippen LogP contribution in [-0.4, -0.2) is 42.2 Å². The minimum atomic E-state index is 0.424. The van der Waals surface area contributed by atoms with Crippen LogP contribution in [0.5, 0.6) is 0 Å². The summed E-state index contributed by atoms with van der Waals surface area (Å²) in [6.45, 7) is 1.11. The maximum absolute atomic E-state index is 4.54. The minimum absolute atomic E-state index is 0.424. The zero-order valence-electron chi connectivity index (χ0n) is 11.8. The van der Waals surface area contributed by atoms with Gasteiger partial charge in [0, 0.05) is 31.9 Å². The van der Waals surface area contributed by atoms with Crippen molar-refractivity contribution in [1.82, 2.24) is 15.3 Å². The first kappa shape index (κ1) is 12.7. The quantitative estimate of drug-likeness (QED) is 0.866. The lowest BCUT2D eigenvalue weighted by molar-refractivity contribution is 0.135. The average Bonchev–Trinajstić information content (AvgIpc) is 2.37. The van der Waals surface area contributed by atoms with Gasteiger partial charge in [-0.2, -0.15) is 4.98 Å². The molecule has 0 radical (unpaired) electrons. The number of nitrogens with one attached hydrogen (secondary N) is 2. The highest BCUT2D eigenvalue weighted by Crippen LogP contribution is 2.38. The fraction of sp³-hybridized carbons (Fsp3) is 0.714. The Morgan fingerprint density at radius 2 is 2.26 bits per heavy atom. The molecule has 3 rings (SSSR count). The third kappa shape index (κ3) is 2.66. The Bertz CT molecular complexity index is 441. The van der Waals surface area contributed by atoms with Crippen LogP contribution in [0.4, 0.5) is 11.8 Å². The second-order valence-corrected chi connectivity index (χ2v) is 6.03. The number of anilines is 2. The molecule has 2 fully saturated rings. The van der Waals surface area contributed by atoms with Crippen molar-refractivity contribution in [3.05, 3.63) is 12.3 Å². The summed E-state index contributed by atoms with van der Waals surface area (Å²) < 4.78 is 0. The molecule has 1 saturated carbocycles. The smallest absolute Gasteiger partial charge is 0.226 e. The third-order valence-corrected chi connectivity index (χ3v) is 4.34. The number of hydrogen-bond acceptors (Lipinski definition) is 5. The number of aromatic nitrogens is 2. The zero-order chi connectivity index (χ0) is 13.3. The Morgan fingerprint density at radius 3 is 2.95 bits per heavy atom. The molecule has 1 aromatic heterocycles. The highest BCUT2D eigenvalue weighted by atomic mass is 15.2. The van der Waals surface area contributed by atoms with Crippen LogP contribution < -0.4 is 15.5 Å². The second kappa shape index (κ2) is 4.96. The van der Waals surface area contributed by atoms with Crippen LogP contribution in [0.3, 0.4) is 0 Å². The van der Waals surface area contributed by atoms with Gasteiger partial charge in [-0.15, -0.1) is 0 Å². The number of rotatable bonds is 3. The standard InChI is InChI=1S/C14H23N5/c1-19(2)13-15-8-5-12(18-13)17-11-4-9-16-14(10-11)6-3-7-14/h5,8,11,16H,3-4,6-7,9-10H2,1-2H3,(H,15,17,18). The highest BCUT2D eigenvalue weighted by molar-refractivity contribution is 5.41. The summed E-state index contributed by atoms with van der Waals surface area (Å²) in [6.07, 6.45) is 8.25. The molecule has 104 valence electrons. The largest absolute Gasteiger partial charge is 0.367 e. The van der Waals surface area contributed by atoms with E-state index in [-0.39, 0.29) is 0 Å². The molecule has 0 bridgehead atoms. The summed E-state index contributed by atoms with van der Waals surface area (Å²) in [6, 6.07) is 2.49. The molecule has 2 heterocycles. The summed E-state index contributed by atoms with van der Waals surface area (Å²) >= 11 is 0. The van der Waals surface area contributed by atoms with Crippen molar-refractivity contribution >= 4 is 11.8 Å². The molecule has 0 aromatic carbocycles. The Hall–Kier alpha value is -1.36. The van der Waals surface area contributed by atoms with Crippen molar-refractivity contribution in [3.8, 4) is 0 Å². The van der Waals surface area contributed by atoms with Crippen LogP contribution in [0.2, 0.25) is 0 Å². The van der Waals surface area contributed by atoms with E-state index in [4.69, 9.17) is 0 Å². The molecule has 1 atom stereocenters. The van der Waals surface area contributed by atoms with E-state index in [1.54, 1.807) is 0 Å². The average molecular weight is 261 g/mol. The lowest BCUT2D eigenvalue weighted by Gasteiger charge is -2.48. The maximum atomic E-state index is 4.54. The highest BCUT2D eigenvalue weighted by Gasteiger charge is 2.40. The zero-order valence-corrected chi connectivity index (χ0v) is 11.8. The molecule has 19 heavy (non-hydrogen) atoms. The van der Waals surface area contributed by atoms with Gasteiger partial charge in [-0.1, -0.05) is 0 Å². The molecule has 1 spiro atoms. The predicted molar refractivity (Wildman–Crippen MR) is 77.6 cm³/mol. The van der Waals surface area contributed by atoms with Crippen LogP contribution in [0.1, 0.15) is 32.1 Å².